The Morgan fingerprint density at radius 3 is 2.80 bits per heavy atom. The minimum absolute atomic E-state index is 0.0337. The third kappa shape index (κ3) is 5.35. The zero-order chi connectivity index (χ0) is 28.2. The molecule has 1 spiro atoms. The van der Waals surface area contributed by atoms with Gasteiger partial charge in [0.2, 0.25) is 10.0 Å². The Morgan fingerprint density at radius 1 is 1.05 bits per heavy atom. The Balaban J connectivity index is 1.28. The molecule has 220 valence electrons. The Bertz CT molecular complexity index is 1450. The lowest BCUT2D eigenvalue weighted by Gasteiger charge is -2.47. The number of carbonyl (C=O) groups excluding carboxylic acids is 1. The van der Waals surface area contributed by atoms with Crippen molar-refractivity contribution in [2.45, 2.75) is 62.6 Å². The van der Waals surface area contributed by atoms with Gasteiger partial charge in [-0.25, -0.2) is 13.1 Å². The highest BCUT2D eigenvalue weighted by atomic mass is 35.5. The average molecular weight is 601 g/mol. The van der Waals surface area contributed by atoms with Crippen LogP contribution < -0.4 is 14.4 Å². The molecule has 0 radical (unpaired) electrons. The Hall–Kier alpha value is -2.33. The molecular formula is C31H37ClN2O6S. The molecule has 3 heterocycles. The van der Waals surface area contributed by atoms with E-state index in [1.165, 1.54) is 11.1 Å². The first-order valence-corrected chi connectivity index (χ1v) is 16.9. The van der Waals surface area contributed by atoms with Crippen molar-refractivity contribution in [3.8, 4) is 5.75 Å². The molecule has 2 aliphatic carbocycles. The second-order valence-electron chi connectivity index (χ2n) is 12.5. The van der Waals surface area contributed by atoms with Crippen molar-refractivity contribution < 1.29 is 27.4 Å². The molecule has 2 aromatic rings. The predicted molar refractivity (Wildman–Crippen MR) is 156 cm³/mol. The maximum absolute atomic E-state index is 13.2. The predicted octanol–water partition coefficient (Wildman–Crippen LogP) is 4.48. The van der Waals surface area contributed by atoms with Crippen LogP contribution in [0.2, 0.25) is 5.02 Å². The number of nitrogens with zero attached hydrogens (tertiary/aromatic N) is 1. The molecule has 0 aromatic heterocycles. The van der Waals surface area contributed by atoms with Gasteiger partial charge in [0.1, 0.15) is 5.75 Å². The number of anilines is 1. The standard InChI is InChI=1S/C31H37ClN2O6S/c32-23-5-7-26-20(14-23)2-1-10-31(26)18-34-17-22-3-6-25(22)29-16-24(9-11-39-29)38-12-13-41(36,37)33-30(35)21-4-8-28(40-19-31)27(34)15-21/h4-5,7-8,14-15,22,24-25,29H,1-3,6,9-13,16-19H2,(H,33,35)/t22-,24+,25-,29-,31-/m0/s1. The molecule has 41 heavy (non-hydrogen) atoms. The molecule has 1 amide bonds. The number of carbonyl (C=O) groups is 1. The number of amides is 1. The van der Waals surface area contributed by atoms with E-state index in [9.17, 15) is 13.2 Å². The maximum Gasteiger partial charge on any atom is 0.264 e. The highest BCUT2D eigenvalue weighted by molar-refractivity contribution is 7.90. The average Bonchev–Trinajstić information content (AvgIpc) is 3.07. The smallest absolute Gasteiger partial charge is 0.264 e. The number of halogens is 1. The summed E-state index contributed by atoms with van der Waals surface area (Å²) in [6.07, 6.45) is 6.89. The lowest BCUT2D eigenvalue weighted by molar-refractivity contribution is -0.115. The minimum Gasteiger partial charge on any atom is -0.490 e. The Labute approximate surface area is 246 Å². The number of fused-ring (bicyclic) bond motifs is 7. The fourth-order valence-corrected chi connectivity index (χ4v) is 8.68. The summed E-state index contributed by atoms with van der Waals surface area (Å²) in [5, 5.41) is 0.751. The van der Waals surface area contributed by atoms with Gasteiger partial charge in [-0.3, -0.25) is 4.79 Å². The molecule has 7 rings (SSSR count). The van der Waals surface area contributed by atoms with Crippen LogP contribution in [0.4, 0.5) is 5.69 Å². The van der Waals surface area contributed by atoms with Crippen molar-refractivity contribution in [1.29, 1.82) is 0 Å². The summed E-state index contributed by atoms with van der Waals surface area (Å²) >= 11 is 6.40. The van der Waals surface area contributed by atoms with Gasteiger partial charge in [-0.05, 0) is 91.8 Å². The SMILES string of the molecule is O=C1NS(=O)(=O)CCO[C@@H]2CCO[C@@H](C2)[C@H]2CC[C@H]2CN2C[C@@]3(CCCc4cc(Cl)ccc43)COc3ccc1cc32. The number of aryl methyl sites for hydroxylation is 1. The molecule has 10 heteroatoms. The number of ether oxygens (including phenoxy) is 3. The molecule has 0 unspecified atom stereocenters. The molecule has 5 aliphatic rings. The van der Waals surface area contributed by atoms with E-state index in [1.807, 2.05) is 12.1 Å². The van der Waals surface area contributed by atoms with Gasteiger partial charge >= 0.3 is 0 Å². The van der Waals surface area contributed by atoms with Crippen molar-refractivity contribution in [3.05, 3.63) is 58.1 Å². The summed E-state index contributed by atoms with van der Waals surface area (Å²) in [7, 11) is -3.86. The summed E-state index contributed by atoms with van der Waals surface area (Å²) < 4.78 is 46.6. The normalized spacial score (nSPS) is 32.9. The van der Waals surface area contributed by atoms with E-state index in [4.69, 9.17) is 25.8 Å². The minimum atomic E-state index is -3.86. The lowest BCUT2D eigenvalue weighted by atomic mass is 9.67. The Morgan fingerprint density at radius 2 is 1.95 bits per heavy atom. The largest absolute Gasteiger partial charge is 0.490 e. The molecule has 1 saturated heterocycles. The van der Waals surface area contributed by atoms with Crippen LogP contribution >= 0.6 is 11.6 Å². The first-order valence-electron chi connectivity index (χ1n) is 14.9. The fraction of sp³-hybridized carbons (Fsp3) is 0.581. The highest BCUT2D eigenvalue weighted by Crippen LogP contribution is 2.47. The zero-order valence-electron chi connectivity index (χ0n) is 23.1. The van der Waals surface area contributed by atoms with Crippen molar-refractivity contribution in [2.24, 2.45) is 11.8 Å². The van der Waals surface area contributed by atoms with Crippen molar-refractivity contribution in [3.63, 3.8) is 0 Å². The third-order valence-corrected chi connectivity index (χ3v) is 11.4. The van der Waals surface area contributed by atoms with Gasteiger partial charge in [0, 0.05) is 42.1 Å². The summed E-state index contributed by atoms with van der Waals surface area (Å²) in [4.78, 5) is 15.6. The van der Waals surface area contributed by atoms with Crippen molar-refractivity contribution in [2.75, 3.05) is 43.6 Å². The molecule has 1 saturated carbocycles. The quantitative estimate of drug-likeness (QED) is 0.477. The van der Waals surface area contributed by atoms with E-state index in [0.29, 0.717) is 30.6 Å². The van der Waals surface area contributed by atoms with Gasteiger partial charge in [0.25, 0.3) is 5.91 Å². The van der Waals surface area contributed by atoms with Gasteiger partial charge in [-0.1, -0.05) is 17.7 Å². The molecule has 1 N–H and O–H groups in total. The van der Waals surface area contributed by atoms with E-state index < -0.39 is 15.9 Å². The van der Waals surface area contributed by atoms with Crippen LogP contribution in [0.3, 0.4) is 0 Å². The summed E-state index contributed by atoms with van der Waals surface area (Å²) in [6, 6.07) is 11.5. The van der Waals surface area contributed by atoms with Crippen LogP contribution in [-0.4, -0.2) is 65.2 Å². The second kappa shape index (κ2) is 10.7. The summed E-state index contributed by atoms with van der Waals surface area (Å²) in [5.74, 6) is 0.691. The first kappa shape index (κ1) is 27.5. The van der Waals surface area contributed by atoms with Crippen LogP contribution in [0, 0.1) is 11.8 Å². The summed E-state index contributed by atoms with van der Waals surface area (Å²) in [6.45, 7) is 2.77. The molecular weight excluding hydrogens is 564 g/mol. The molecule has 3 aliphatic heterocycles. The van der Waals surface area contributed by atoms with Crippen LogP contribution in [0.15, 0.2) is 36.4 Å². The number of hydrogen-bond donors (Lipinski definition) is 1. The molecule has 8 nitrogen and oxygen atoms in total. The number of hydrogen-bond acceptors (Lipinski definition) is 7. The van der Waals surface area contributed by atoms with E-state index in [0.717, 1.165) is 74.5 Å². The topological polar surface area (TPSA) is 94.2 Å². The molecule has 4 bridgehead atoms. The van der Waals surface area contributed by atoms with Gasteiger partial charge < -0.3 is 19.1 Å². The van der Waals surface area contributed by atoms with Gasteiger partial charge in [-0.15, -0.1) is 0 Å². The van der Waals surface area contributed by atoms with E-state index in [2.05, 4.69) is 21.8 Å². The van der Waals surface area contributed by atoms with Crippen LogP contribution in [-0.2, 0) is 31.3 Å². The maximum atomic E-state index is 13.2. The van der Waals surface area contributed by atoms with Gasteiger partial charge in [0.15, 0.2) is 0 Å². The fourth-order valence-electron chi connectivity index (χ4n) is 7.67. The number of rotatable bonds is 0. The molecule has 5 atom stereocenters. The van der Waals surface area contributed by atoms with E-state index >= 15 is 0 Å². The van der Waals surface area contributed by atoms with Crippen molar-refractivity contribution >= 4 is 33.2 Å². The third-order valence-electron chi connectivity index (χ3n) is 9.93. The first-order chi connectivity index (χ1) is 19.8. The second-order valence-corrected chi connectivity index (χ2v) is 14.7. The Kier molecular flexibility index (Phi) is 7.20. The monoisotopic (exact) mass is 600 g/mol. The summed E-state index contributed by atoms with van der Waals surface area (Å²) in [5.41, 5.74) is 3.49. The van der Waals surface area contributed by atoms with Crippen LogP contribution in [0.5, 0.6) is 5.75 Å². The van der Waals surface area contributed by atoms with Crippen molar-refractivity contribution in [1.82, 2.24) is 4.72 Å². The lowest BCUT2D eigenvalue weighted by Crippen LogP contribution is -2.51. The molecule has 2 aromatic carbocycles. The van der Waals surface area contributed by atoms with E-state index in [1.54, 1.807) is 12.1 Å². The van der Waals surface area contributed by atoms with Gasteiger partial charge in [-0.2, -0.15) is 0 Å². The molecule has 2 fully saturated rings. The highest BCUT2D eigenvalue weighted by Gasteiger charge is 2.45. The number of nitrogens with one attached hydrogen (secondary N) is 1. The van der Waals surface area contributed by atoms with Crippen LogP contribution in [0.1, 0.15) is 60.0 Å². The van der Waals surface area contributed by atoms with Crippen LogP contribution in [0.25, 0.3) is 0 Å². The number of sulfonamides is 1. The zero-order valence-corrected chi connectivity index (χ0v) is 24.7. The van der Waals surface area contributed by atoms with Gasteiger partial charge in [0.05, 0.1) is 36.9 Å². The van der Waals surface area contributed by atoms with E-state index in [-0.39, 0.29) is 30.0 Å². The number of benzene rings is 2.